The highest BCUT2D eigenvalue weighted by Crippen LogP contribution is 2.46. The summed E-state index contributed by atoms with van der Waals surface area (Å²) in [6, 6.07) is 6.86. The summed E-state index contributed by atoms with van der Waals surface area (Å²) < 4.78 is 21.2. The number of rotatable bonds is 8. The molecule has 0 spiro atoms. The van der Waals surface area contributed by atoms with Gasteiger partial charge in [0, 0.05) is 66.1 Å². The summed E-state index contributed by atoms with van der Waals surface area (Å²) in [4.78, 5) is 41.3. The van der Waals surface area contributed by atoms with E-state index in [2.05, 4.69) is 28.8 Å². The first-order valence-electron chi connectivity index (χ1n) is 15.3. The molecule has 2 aliphatic carbocycles. The zero-order valence-corrected chi connectivity index (χ0v) is 25.0. The van der Waals surface area contributed by atoms with Gasteiger partial charge < -0.3 is 24.5 Å². The third kappa shape index (κ3) is 4.99. The summed E-state index contributed by atoms with van der Waals surface area (Å²) in [7, 11) is 4.13. The number of aromatic hydroxyl groups is 1. The van der Waals surface area contributed by atoms with Crippen molar-refractivity contribution in [2.45, 2.75) is 45.6 Å². The first-order chi connectivity index (χ1) is 20.6. The van der Waals surface area contributed by atoms with E-state index in [0.29, 0.717) is 57.2 Å². The summed E-state index contributed by atoms with van der Waals surface area (Å²) in [6.45, 7) is 5.39. The number of nitrogens with zero attached hydrogens (tertiary/aromatic N) is 5. The molecule has 43 heavy (non-hydrogen) atoms. The van der Waals surface area contributed by atoms with Crippen LogP contribution in [0.15, 0.2) is 24.3 Å². The third-order valence-electron chi connectivity index (χ3n) is 9.76. The van der Waals surface area contributed by atoms with Gasteiger partial charge in [0.2, 0.25) is 0 Å². The minimum atomic E-state index is -0.279. The van der Waals surface area contributed by atoms with Crippen LogP contribution < -0.4 is 14.5 Å². The van der Waals surface area contributed by atoms with Crippen molar-refractivity contribution >= 4 is 33.8 Å². The van der Waals surface area contributed by atoms with E-state index in [1.165, 1.54) is 6.07 Å². The fraction of sp³-hybridized carbons (Fsp3) is 0.515. The van der Waals surface area contributed by atoms with E-state index in [1.54, 1.807) is 18.2 Å². The molecule has 0 unspecified atom stereocenters. The second-order valence-electron chi connectivity index (χ2n) is 13.1. The van der Waals surface area contributed by atoms with Crippen molar-refractivity contribution in [3.05, 3.63) is 46.9 Å². The van der Waals surface area contributed by atoms with Crippen LogP contribution >= 0.6 is 0 Å². The fourth-order valence-electron chi connectivity index (χ4n) is 7.47. The number of ether oxygens (including phenoxy) is 1. The number of aromatic nitrogens is 2. The predicted octanol–water partition coefficient (Wildman–Crippen LogP) is 3.91. The van der Waals surface area contributed by atoms with Crippen LogP contribution in [-0.2, 0) is 29.0 Å². The number of ketones is 2. The number of carbonyl (C=O) groups is 2. The Kier molecular flexibility index (Phi) is 6.80. The number of halogens is 1. The first-order valence-corrected chi connectivity index (χ1v) is 15.3. The summed E-state index contributed by atoms with van der Waals surface area (Å²) >= 11 is 0. The number of Topliss-reactive ketones (excluding diaryl/α,β-unsaturated/α-hetero) is 2. The molecule has 2 aliphatic heterocycles. The molecule has 3 aromatic rings. The number of phenolic OH excluding ortho intramolecular Hbond substituents is 1. The predicted molar refractivity (Wildman–Crippen MR) is 161 cm³/mol. The van der Waals surface area contributed by atoms with Crippen LogP contribution in [0.2, 0.25) is 0 Å². The molecular formula is C33H38FN5O4. The monoisotopic (exact) mass is 587 g/mol. The van der Waals surface area contributed by atoms with Crippen LogP contribution in [0.1, 0.15) is 43.0 Å². The molecule has 0 amide bonds. The van der Waals surface area contributed by atoms with E-state index in [0.717, 1.165) is 52.9 Å². The molecule has 1 aromatic heterocycles. The Labute approximate surface area is 250 Å². The zero-order valence-electron chi connectivity index (χ0n) is 25.0. The van der Waals surface area contributed by atoms with Crippen molar-refractivity contribution in [2.75, 3.05) is 56.7 Å². The number of carbonyl (C=O) groups excluding carboxylic acids is 2. The highest BCUT2D eigenvalue weighted by molar-refractivity contribution is 6.09. The molecule has 0 radical (unpaired) electrons. The standard InChI is InChI=1S/C33H38FN5O4/c1-4-21-25(34)6-5-19-11-20(40)12-27(30(19)21)38-10-7-22-26(16-38)35-32(43-18-33(8-9-33)17-37(2)3)36-31(22)39-14-23-24(15-39)29(42)13-28(23)41/h5-6,11-12,23-24,40H,4,7-10,13-18H2,1-3H3/t23-,24+. The Morgan fingerprint density at radius 2 is 1.84 bits per heavy atom. The number of fused-ring (bicyclic) bond motifs is 3. The molecule has 3 fully saturated rings. The van der Waals surface area contributed by atoms with Crippen molar-refractivity contribution < 1.29 is 23.8 Å². The molecule has 2 aromatic carbocycles. The van der Waals surface area contributed by atoms with Gasteiger partial charge in [-0.25, -0.2) is 4.39 Å². The Hall–Kier alpha value is -3.79. The second kappa shape index (κ2) is 10.4. The molecule has 4 aliphatic rings. The normalized spacial score (nSPS) is 22.4. The quantitative estimate of drug-likeness (QED) is 0.393. The summed E-state index contributed by atoms with van der Waals surface area (Å²) in [6.07, 6.45) is 3.38. The Bertz CT molecular complexity index is 1620. The number of aryl methyl sites for hydroxylation is 1. The van der Waals surface area contributed by atoms with Gasteiger partial charge in [0.25, 0.3) is 0 Å². The highest BCUT2D eigenvalue weighted by Gasteiger charge is 2.48. The van der Waals surface area contributed by atoms with E-state index in [1.807, 2.05) is 6.92 Å². The number of phenols is 1. The molecule has 226 valence electrons. The maximum Gasteiger partial charge on any atom is 0.318 e. The van der Waals surface area contributed by atoms with Gasteiger partial charge in [-0.05, 0) is 62.9 Å². The largest absolute Gasteiger partial charge is 0.508 e. The molecule has 2 atom stereocenters. The minimum absolute atomic E-state index is 0.0251. The van der Waals surface area contributed by atoms with E-state index in [4.69, 9.17) is 14.7 Å². The molecule has 7 rings (SSSR count). The Balaban J connectivity index is 1.26. The van der Waals surface area contributed by atoms with Crippen molar-refractivity contribution in [3.8, 4) is 11.8 Å². The first kappa shape index (κ1) is 28.0. The second-order valence-corrected chi connectivity index (χ2v) is 13.1. The number of hydrogen-bond acceptors (Lipinski definition) is 9. The van der Waals surface area contributed by atoms with E-state index >= 15 is 0 Å². The SMILES string of the molecule is CCc1c(F)ccc2cc(O)cc(N3CCc4c(nc(OCC5(CN(C)C)CC5)nc4N4C[C@@H]5C(=O)CC(=O)[C@@H]5C4)C3)c12. The van der Waals surface area contributed by atoms with E-state index in [9.17, 15) is 19.1 Å². The van der Waals surface area contributed by atoms with Crippen LogP contribution in [0.4, 0.5) is 15.9 Å². The number of anilines is 2. The van der Waals surface area contributed by atoms with Gasteiger partial charge in [0.1, 0.15) is 29.0 Å². The van der Waals surface area contributed by atoms with Crippen LogP contribution in [0.3, 0.4) is 0 Å². The fourth-order valence-corrected chi connectivity index (χ4v) is 7.47. The van der Waals surface area contributed by atoms with Gasteiger partial charge in [-0.3, -0.25) is 9.59 Å². The minimum Gasteiger partial charge on any atom is -0.508 e. The van der Waals surface area contributed by atoms with Crippen molar-refractivity contribution in [2.24, 2.45) is 17.3 Å². The number of hydrogen-bond donors (Lipinski definition) is 1. The van der Waals surface area contributed by atoms with Gasteiger partial charge in [0.15, 0.2) is 0 Å². The highest BCUT2D eigenvalue weighted by atomic mass is 19.1. The lowest BCUT2D eigenvalue weighted by Crippen LogP contribution is -2.35. The lowest BCUT2D eigenvalue weighted by Gasteiger charge is -2.34. The zero-order chi connectivity index (χ0) is 30.0. The Morgan fingerprint density at radius 3 is 2.51 bits per heavy atom. The molecule has 9 nitrogen and oxygen atoms in total. The van der Waals surface area contributed by atoms with Gasteiger partial charge in [-0.1, -0.05) is 13.0 Å². The molecule has 0 bridgehead atoms. The van der Waals surface area contributed by atoms with Crippen LogP contribution in [-0.4, -0.2) is 78.4 Å². The van der Waals surface area contributed by atoms with Crippen LogP contribution in [0, 0.1) is 23.1 Å². The molecule has 1 saturated heterocycles. The van der Waals surface area contributed by atoms with Crippen molar-refractivity contribution in [3.63, 3.8) is 0 Å². The topological polar surface area (TPSA) is 99.1 Å². The molecular weight excluding hydrogens is 549 g/mol. The lowest BCUT2D eigenvalue weighted by molar-refractivity contribution is -0.123. The number of benzene rings is 2. The summed E-state index contributed by atoms with van der Waals surface area (Å²) in [5.41, 5.74) is 3.29. The third-order valence-corrected chi connectivity index (χ3v) is 9.76. The van der Waals surface area contributed by atoms with Gasteiger partial charge in [-0.15, -0.1) is 0 Å². The van der Waals surface area contributed by atoms with E-state index in [-0.39, 0.29) is 46.8 Å². The smallest absolute Gasteiger partial charge is 0.318 e. The van der Waals surface area contributed by atoms with Gasteiger partial charge in [0.05, 0.1) is 25.3 Å². The molecule has 1 N–H and O–H groups in total. The summed E-state index contributed by atoms with van der Waals surface area (Å²) in [5, 5.41) is 12.2. The average molecular weight is 588 g/mol. The van der Waals surface area contributed by atoms with Crippen LogP contribution in [0.25, 0.3) is 10.8 Å². The van der Waals surface area contributed by atoms with Gasteiger partial charge in [-0.2, -0.15) is 9.97 Å². The Morgan fingerprint density at radius 1 is 1.09 bits per heavy atom. The molecule has 10 heteroatoms. The maximum absolute atomic E-state index is 14.9. The van der Waals surface area contributed by atoms with Crippen molar-refractivity contribution in [1.29, 1.82) is 0 Å². The van der Waals surface area contributed by atoms with Gasteiger partial charge >= 0.3 is 6.01 Å². The van der Waals surface area contributed by atoms with Crippen LogP contribution in [0.5, 0.6) is 11.8 Å². The van der Waals surface area contributed by atoms with Crippen molar-refractivity contribution in [1.82, 2.24) is 14.9 Å². The molecule has 2 saturated carbocycles. The maximum atomic E-state index is 14.9. The summed E-state index contributed by atoms with van der Waals surface area (Å²) in [5.74, 6) is 0.109. The van der Waals surface area contributed by atoms with E-state index < -0.39 is 0 Å². The lowest BCUT2D eigenvalue weighted by atomic mass is 9.97. The molecule has 3 heterocycles. The average Bonchev–Trinajstić information content (AvgIpc) is 3.48.